The summed E-state index contributed by atoms with van der Waals surface area (Å²) in [5.74, 6) is 0.0726. The predicted molar refractivity (Wildman–Crippen MR) is 53.6 cm³/mol. The van der Waals surface area contributed by atoms with E-state index in [9.17, 15) is 8.42 Å². The second-order valence-electron chi connectivity index (χ2n) is 2.93. The zero-order valence-corrected chi connectivity index (χ0v) is 8.99. The monoisotopic (exact) mass is 232 g/mol. The Morgan fingerprint density at radius 1 is 1.40 bits per heavy atom. The molecule has 1 aromatic rings. The summed E-state index contributed by atoms with van der Waals surface area (Å²) in [4.78, 5) is -0.272. The molecule has 0 aliphatic carbocycles. The number of hydrogen-bond acceptors (Lipinski definition) is 4. The maximum Gasteiger partial charge on any atom is 0.298 e. The van der Waals surface area contributed by atoms with E-state index in [1.165, 1.54) is 25.3 Å². The zero-order valence-electron chi connectivity index (χ0n) is 8.17. The lowest BCUT2D eigenvalue weighted by Crippen LogP contribution is -2.02. The fraction of sp³-hybridized carbons (Fsp3) is 0.333. The van der Waals surface area contributed by atoms with Gasteiger partial charge in [-0.15, -0.1) is 0 Å². The maximum atomic E-state index is 10.9. The van der Waals surface area contributed by atoms with Crippen LogP contribution >= 0.6 is 0 Å². The van der Waals surface area contributed by atoms with Crippen molar-refractivity contribution in [3.8, 4) is 5.75 Å². The number of aliphatic hydroxyl groups excluding tert-OH is 1. The van der Waals surface area contributed by atoms with Gasteiger partial charge in [-0.2, -0.15) is 8.42 Å². The molecule has 0 spiro atoms. The van der Waals surface area contributed by atoms with Gasteiger partial charge in [0, 0.05) is 6.61 Å². The highest BCUT2D eigenvalue weighted by Crippen LogP contribution is 2.24. The summed E-state index contributed by atoms with van der Waals surface area (Å²) in [6.07, 6.45) is 0.405. The summed E-state index contributed by atoms with van der Waals surface area (Å²) >= 11 is 0. The van der Waals surface area contributed by atoms with Crippen molar-refractivity contribution in [3.05, 3.63) is 23.8 Å². The van der Waals surface area contributed by atoms with E-state index in [0.29, 0.717) is 6.42 Å². The second kappa shape index (κ2) is 4.61. The lowest BCUT2D eigenvalue weighted by Gasteiger charge is -2.07. The van der Waals surface area contributed by atoms with E-state index in [4.69, 9.17) is 14.4 Å². The first kappa shape index (κ1) is 12.0. The van der Waals surface area contributed by atoms with Gasteiger partial charge in [-0.05, 0) is 24.1 Å². The normalized spacial score (nSPS) is 11.4. The van der Waals surface area contributed by atoms with Crippen LogP contribution in [0.3, 0.4) is 0 Å². The van der Waals surface area contributed by atoms with Gasteiger partial charge in [0.05, 0.1) is 7.11 Å². The minimum Gasteiger partial charge on any atom is -0.495 e. The molecular formula is C9H12O5S. The van der Waals surface area contributed by atoms with Crippen molar-refractivity contribution >= 4 is 10.1 Å². The molecule has 0 radical (unpaired) electrons. The van der Waals surface area contributed by atoms with Gasteiger partial charge in [-0.1, -0.05) is 6.07 Å². The molecule has 5 nitrogen and oxygen atoms in total. The average molecular weight is 232 g/mol. The van der Waals surface area contributed by atoms with Crippen LogP contribution in [0.25, 0.3) is 0 Å². The summed E-state index contributed by atoms with van der Waals surface area (Å²) < 4.78 is 35.5. The Labute approximate surface area is 88.1 Å². The van der Waals surface area contributed by atoms with Gasteiger partial charge >= 0.3 is 0 Å². The molecule has 0 saturated heterocycles. The first-order chi connectivity index (χ1) is 6.99. The standard InChI is InChI=1S/C9H12O5S/c1-14-8-6-7(4-5-10)2-3-9(8)15(11,12)13/h2-3,6,10H,4-5H2,1H3,(H,11,12,13). The van der Waals surface area contributed by atoms with Crippen molar-refractivity contribution in [1.82, 2.24) is 0 Å². The van der Waals surface area contributed by atoms with Gasteiger partial charge in [0.25, 0.3) is 10.1 Å². The highest BCUT2D eigenvalue weighted by Gasteiger charge is 2.16. The Morgan fingerprint density at radius 3 is 2.53 bits per heavy atom. The molecule has 2 N–H and O–H groups in total. The molecule has 1 aromatic carbocycles. The molecule has 0 fully saturated rings. The van der Waals surface area contributed by atoms with Crippen LogP contribution in [-0.2, 0) is 16.5 Å². The fourth-order valence-corrected chi connectivity index (χ4v) is 1.85. The predicted octanol–water partition coefficient (Wildman–Crippen LogP) is 0.477. The molecule has 0 atom stereocenters. The molecule has 0 heterocycles. The van der Waals surface area contributed by atoms with E-state index in [-0.39, 0.29) is 17.3 Å². The van der Waals surface area contributed by atoms with Gasteiger partial charge in [0.2, 0.25) is 0 Å². The molecule has 0 saturated carbocycles. The van der Waals surface area contributed by atoms with E-state index in [1.807, 2.05) is 0 Å². The average Bonchev–Trinajstić information content (AvgIpc) is 2.16. The Morgan fingerprint density at radius 2 is 2.07 bits per heavy atom. The molecule has 0 aromatic heterocycles. The summed E-state index contributed by atoms with van der Waals surface area (Å²) in [5.41, 5.74) is 0.738. The minimum absolute atomic E-state index is 0.0334. The lowest BCUT2D eigenvalue weighted by atomic mass is 10.1. The number of methoxy groups -OCH3 is 1. The highest BCUT2D eigenvalue weighted by atomic mass is 32.2. The highest BCUT2D eigenvalue weighted by molar-refractivity contribution is 7.86. The SMILES string of the molecule is COc1cc(CCO)ccc1S(=O)(=O)O. The Kier molecular flexibility index (Phi) is 3.67. The number of benzene rings is 1. The van der Waals surface area contributed by atoms with Crippen molar-refractivity contribution in [2.24, 2.45) is 0 Å². The van der Waals surface area contributed by atoms with Crippen LogP contribution in [0.1, 0.15) is 5.56 Å². The third-order valence-electron chi connectivity index (χ3n) is 1.91. The maximum absolute atomic E-state index is 10.9. The van der Waals surface area contributed by atoms with Crippen LogP contribution in [-0.4, -0.2) is 31.8 Å². The molecule has 1 rings (SSSR count). The minimum atomic E-state index is -4.26. The van der Waals surface area contributed by atoms with E-state index in [0.717, 1.165) is 5.56 Å². The molecule has 0 bridgehead atoms. The fourth-order valence-electron chi connectivity index (χ4n) is 1.21. The third kappa shape index (κ3) is 2.92. The van der Waals surface area contributed by atoms with E-state index in [2.05, 4.69) is 0 Å². The van der Waals surface area contributed by atoms with Gasteiger partial charge < -0.3 is 9.84 Å². The van der Waals surface area contributed by atoms with Crippen molar-refractivity contribution in [2.75, 3.05) is 13.7 Å². The Balaban J connectivity index is 3.21. The summed E-state index contributed by atoms with van der Waals surface area (Å²) in [7, 11) is -2.95. The smallest absolute Gasteiger partial charge is 0.298 e. The van der Waals surface area contributed by atoms with Crippen LogP contribution in [0.15, 0.2) is 23.1 Å². The van der Waals surface area contributed by atoms with Crippen LogP contribution in [0.4, 0.5) is 0 Å². The number of rotatable bonds is 4. The Bertz CT molecular complexity index is 438. The topological polar surface area (TPSA) is 83.8 Å². The lowest BCUT2D eigenvalue weighted by molar-refractivity contribution is 0.299. The molecule has 0 amide bonds. The third-order valence-corrected chi connectivity index (χ3v) is 2.80. The van der Waals surface area contributed by atoms with E-state index >= 15 is 0 Å². The number of ether oxygens (including phenoxy) is 1. The van der Waals surface area contributed by atoms with Gasteiger partial charge in [0.1, 0.15) is 10.6 Å². The quantitative estimate of drug-likeness (QED) is 0.737. The van der Waals surface area contributed by atoms with Crippen LogP contribution in [0, 0.1) is 0 Å². The van der Waals surface area contributed by atoms with Crippen LogP contribution in [0.5, 0.6) is 5.75 Å². The Hall–Kier alpha value is -1.11. The molecule has 0 aliphatic heterocycles. The van der Waals surface area contributed by atoms with Gasteiger partial charge in [0.15, 0.2) is 0 Å². The van der Waals surface area contributed by atoms with Gasteiger partial charge in [-0.25, -0.2) is 0 Å². The van der Waals surface area contributed by atoms with Crippen LogP contribution in [0.2, 0.25) is 0 Å². The van der Waals surface area contributed by atoms with Crippen molar-refractivity contribution < 1.29 is 22.8 Å². The summed E-state index contributed by atoms with van der Waals surface area (Å²) in [6.45, 7) is -0.0334. The first-order valence-electron chi connectivity index (χ1n) is 4.24. The van der Waals surface area contributed by atoms with Crippen molar-refractivity contribution in [2.45, 2.75) is 11.3 Å². The summed E-state index contributed by atoms with van der Waals surface area (Å²) in [5, 5.41) is 8.70. The molecule has 15 heavy (non-hydrogen) atoms. The largest absolute Gasteiger partial charge is 0.495 e. The van der Waals surface area contributed by atoms with Crippen molar-refractivity contribution in [3.63, 3.8) is 0 Å². The van der Waals surface area contributed by atoms with E-state index < -0.39 is 10.1 Å². The first-order valence-corrected chi connectivity index (χ1v) is 5.68. The summed E-state index contributed by atoms with van der Waals surface area (Å²) in [6, 6.07) is 4.24. The van der Waals surface area contributed by atoms with E-state index in [1.54, 1.807) is 0 Å². The van der Waals surface area contributed by atoms with Crippen molar-refractivity contribution in [1.29, 1.82) is 0 Å². The number of hydrogen-bond donors (Lipinski definition) is 2. The molecular weight excluding hydrogens is 220 g/mol. The van der Waals surface area contributed by atoms with Crippen LogP contribution < -0.4 is 4.74 Å². The number of aliphatic hydroxyl groups is 1. The molecule has 0 aliphatic rings. The van der Waals surface area contributed by atoms with Gasteiger partial charge in [-0.3, -0.25) is 4.55 Å². The molecule has 6 heteroatoms. The molecule has 0 unspecified atom stereocenters. The zero-order chi connectivity index (χ0) is 11.5. The second-order valence-corrected chi connectivity index (χ2v) is 4.32. The molecule has 84 valence electrons.